The lowest BCUT2D eigenvalue weighted by Crippen LogP contribution is -2.49. The molecule has 1 aromatic rings. The Balaban J connectivity index is 0.000000303. The predicted molar refractivity (Wildman–Crippen MR) is 106 cm³/mol. The number of rotatable bonds is 8. The summed E-state index contributed by atoms with van der Waals surface area (Å²) in [7, 11) is 0. The van der Waals surface area contributed by atoms with Gasteiger partial charge in [-0.1, -0.05) is 6.07 Å². The lowest BCUT2D eigenvalue weighted by molar-refractivity contribution is -0.152. The van der Waals surface area contributed by atoms with Crippen molar-refractivity contribution in [2.24, 2.45) is 17.8 Å². The maximum absolute atomic E-state index is 12.3. The average molecular weight is 423 g/mol. The van der Waals surface area contributed by atoms with Crippen molar-refractivity contribution < 1.29 is 34.4 Å². The van der Waals surface area contributed by atoms with E-state index in [1.165, 1.54) is 0 Å². The lowest BCUT2D eigenvalue weighted by Gasteiger charge is -2.26. The lowest BCUT2D eigenvalue weighted by atomic mass is 10.1. The molecule has 4 atom stereocenters. The number of aliphatic hydroxyl groups is 1. The van der Waals surface area contributed by atoms with E-state index >= 15 is 0 Å². The van der Waals surface area contributed by atoms with Crippen molar-refractivity contribution in [3.8, 4) is 5.88 Å². The molecular weight excluding hydrogens is 394 g/mol. The summed E-state index contributed by atoms with van der Waals surface area (Å²) in [6, 6.07) is 3.85. The standard InChI is InChI=1S/C16H23N3O2.C4H6O5/c1-10-5-4-6-18-15(10)21-9-16(2,3)19-14(20)13-11-7-17-8-12(11)13;5-2(4(8)9)1-3(6)7/h4-6,11-13,17H,7-9H2,1-3H3,(H,19,20);2,5H,1H2,(H,6,7)(H,8,9)/t11-,12+,13?;2-/m.0/s1. The zero-order valence-corrected chi connectivity index (χ0v) is 17.3. The zero-order valence-electron chi connectivity index (χ0n) is 17.3. The Bertz CT molecular complexity index is 773. The molecule has 1 unspecified atom stereocenters. The van der Waals surface area contributed by atoms with Crippen LogP contribution in [0.15, 0.2) is 18.3 Å². The maximum atomic E-state index is 12.3. The van der Waals surface area contributed by atoms with Crippen LogP contribution in [0.25, 0.3) is 0 Å². The largest absolute Gasteiger partial charge is 0.481 e. The van der Waals surface area contributed by atoms with Crippen LogP contribution in [-0.4, -0.2) is 69.5 Å². The number of ether oxygens (including phenoxy) is 1. The molecule has 1 amide bonds. The molecule has 2 aliphatic rings. The van der Waals surface area contributed by atoms with Crippen LogP contribution in [0.1, 0.15) is 25.8 Å². The number of aromatic nitrogens is 1. The van der Waals surface area contributed by atoms with Crippen LogP contribution < -0.4 is 15.4 Å². The Morgan fingerprint density at radius 3 is 2.43 bits per heavy atom. The molecule has 1 aliphatic heterocycles. The van der Waals surface area contributed by atoms with Crippen LogP contribution >= 0.6 is 0 Å². The van der Waals surface area contributed by atoms with Crippen LogP contribution in [0.3, 0.4) is 0 Å². The third-order valence-electron chi connectivity index (χ3n) is 5.04. The van der Waals surface area contributed by atoms with Gasteiger partial charge in [0.05, 0.1) is 12.0 Å². The van der Waals surface area contributed by atoms with Crippen molar-refractivity contribution in [2.75, 3.05) is 19.7 Å². The van der Waals surface area contributed by atoms with Gasteiger partial charge < -0.3 is 30.7 Å². The van der Waals surface area contributed by atoms with Gasteiger partial charge in [-0.05, 0) is 51.8 Å². The van der Waals surface area contributed by atoms with E-state index in [4.69, 9.17) is 20.1 Å². The first-order valence-corrected chi connectivity index (χ1v) is 9.71. The van der Waals surface area contributed by atoms with E-state index in [-0.39, 0.29) is 11.8 Å². The van der Waals surface area contributed by atoms with Gasteiger partial charge >= 0.3 is 11.9 Å². The Morgan fingerprint density at radius 1 is 1.30 bits per heavy atom. The van der Waals surface area contributed by atoms with Crippen molar-refractivity contribution in [1.29, 1.82) is 0 Å². The minimum Gasteiger partial charge on any atom is -0.481 e. The number of fused-ring (bicyclic) bond motifs is 1. The summed E-state index contributed by atoms with van der Waals surface area (Å²) in [5.74, 6) is -0.769. The summed E-state index contributed by atoms with van der Waals surface area (Å²) in [4.78, 5) is 35.9. The van der Waals surface area contributed by atoms with Crippen molar-refractivity contribution >= 4 is 17.8 Å². The number of amides is 1. The minimum absolute atomic E-state index is 0.165. The number of nitrogens with one attached hydrogen (secondary N) is 2. The molecule has 1 aliphatic carbocycles. The fourth-order valence-corrected chi connectivity index (χ4v) is 3.38. The smallest absolute Gasteiger partial charge is 0.333 e. The van der Waals surface area contributed by atoms with Gasteiger partial charge in [-0.3, -0.25) is 9.59 Å². The normalized spacial score (nSPS) is 22.7. The van der Waals surface area contributed by atoms with Gasteiger partial charge in [0.1, 0.15) is 6.61 Å². The first-order valence-electron chi connectivity index (χ1n) is 9.71. The van der Waals surface area contributed by atoms with E-state index in [2.05, 4.69) is 15.6 Å². The molecule has 0 spiro atoms. The second-order valence-electron chi connectivity index (χ2n) is 8.25. The van der Waals surface area contributed by atoms with Crippen LogP contribution in [0.4, 0.5) is 0 Å². The van der Waals surface area contributed by atoms with Gasteiger partial charge in [0.15, 0.2) is 6.10 Å². The molecule has 10 nitrogen and oxygen atoms in total. The quantitative estimate of drug-likeness (QED) is 0.389. The van der Waals surface area contributed by atoms with Gasteiger partial charge in [-0.15, -0.1) is 0 Å². The SMILES string of the molecule is Cc1cccnc1OCC(C)(C)NC(=O)C1[C@H]2CNC[C@@H]12.O=C(O)C[C@H](O)C(=O)O. The number of hydrogen-bond acceptors (Lipinski definition) is 7. The van der Waals surface area contributed by atoms with E-state index in [1.54, 1.807) is 6.20 Å². The number of piperidine rings is 1. The van der Waals surface area contributed by atoms with E-state index < -0.39 is 30.0 Å². The monoisotopic (exact) mass is 423 g/mol. The van der Waals surface area contributed by atoms with Crippen molar-refractivity contribution in [2.45, 2.75) is 38.8 Å². The summed E-state index contributed by atoms with van der Waals surface area (Å²) in [6.07, 6.45) is -0.829. The number of carbonyl (C=O) groups excluding carboxylic acids is 1. The number of aliphatic carboxylic acids is 2. The fourth-order valence-electron chi connectivity index (χ4n) is 3.38. The molecular formula is C20H29N3O7. The number of nitrogens with zero attached hydrogens (tertiary/aromatic N) is 1. The maximum Gasteiger partial charge on any atom is 0.333 e. The van der Waals surface area contributed by atoms with E-state index in [0.29, 0.717) is 24.3 Å². The van der Waals surface area contributed by atoms with Crippen molar-refractivity contribution in [3.63, 3.8) is 0 Å². The number of hydrogen-bond donors (Lipinski definition) is 5. The molecule has 2 heterocycles. The number of aliphatic hydroxyl groups excluding tert-OH is 1. The second-order valence-corrected chi connectivity index (χ2v) is 8.25. The summed E-state index contributed by atoms with van der Waals surface area (Å²) in [6.45, 7) is 8.31. The molecule has 2 fully saturated rings. The highest BCUT2D eigenvalue weighted by atomic mass is 16.5. The highest BCUT2D eigenvalue weighted by Gasteiger charge is 2.57. The summed E-state index contributed by atoms with van der Waals surface area (Å²) < 4.78 is 5.76. The van der Waals surface area contributed by atoms with Gasteiger partial charge in [-0.25, -0.2) is 9.78 Å². The first-order chi connectivity index (χ1) is 14.0. The molecule has 30 heavy (non-hydrogen) atoms. The fraction of sp³-hybridized carbons (Fsp3) is 0.600. The number of aryl methyl sites for hydroxylation is 1. The molecule has 1 aromatic heterocycles. The molecule has 0 radical (unpaired) electrons. The van der Waals surface area contributed by atoms with Crippen LogP contribution in [-0.2, 0) is 14.4 Å². The third-order valence-corrected chi connectivity index (χ3v) is 5.04. The highest BCUT2D eigenvalue weighted by molar-refractivity contribution is 5.83. The Morgan fingerprint density at radius 2 is 1.93 bits per heavy atom. The molecule has 0 aromatic carbocycles. The predicted octanol–water partition coefficient (Wildman–Crippen LogP) is 0.0356. The molecule has 5 N–H and O–H groups in total. The minimum atomic E-state index is -1.79. The van der Waals surface area contributed by atoms with Crippen LogP contribution in [0.5, 0.6) is 5.88 Å². The highest BCUT2D eigenvalue weighted by Crippen LogP contribution is 2.48. The average Bonchev–Trinajstić information content (AvgIpc) is 3.14. The van der Waals surface area contributed by atoms with E-state index in [1.807, 2.05) is 32.9 Å². The number of carboxylic acids is 2. The molecule has 1 saturated heterocycles. The summed E-state index contributed by atoms with van der Waals surface area (Å²) in [5, 5.41) is 30.6. The third kappa shape index (κ3) is 6.67. The Kier molecular flexibility index (Phi) is 7.74. The van der Waals surface area contributed by atoms with Gasteiger partial charge in [0.2, 0.25) is 11.8 Å². The van der Waals surface area contributed by atoms with Crippen LogP contribution in [0, 0.1) is 24.7 Å². The molecule has 0 bridgehead atoms. The molecule has 3 rings (SSSR count). The Hall–Kier alpha value is -2.72. The first kappa shape index (κ1) is 23.6. The molecule has 1 saturated carbocycles. The second kappa shape index (κ2) is 9.86. The molecule has 166 valence electrons. The van der Waals surface area contributed by atoms with E-state index in [9.17, 15) is 14.4 Å². The Labute approximate surface area is 174 Å². The van der Waals surface area contributed by atoms with Gasteiger partial charge in [0, 0.05) is 17.7 Å². The van der Waals surface area contributed by atoms with Crippen molar-refractivity contribution in [3.05, 3.63) is 23.9 Å². The zero-order chi connectivity index (χ0) is 22.5. The van der Waals surface area contributed by atoms with Gasteiger partial charge in [0.25, 0.3) is 0 Å². The number of carbonyl (C=O) groups is 3. The topological polar surface area (TPSA) is 158 Å². The summed E-state index contributed by atoms with van der Waals surface area (Å²) >= 11 is 0. The summed E-state index contributed by atoms with van der Waals surface area (Å²) in [5.41, 5.74) is 0.605. The van der Waals surface area contributed by atoms with E-state index in [0.717, 1.165) is 18.7 Å². The van der Waals surface area contributed by atoms with Gasteiger partial charge in [-0.2, -0.15) is 0 Å². The number of pyridine rings is 1. The number of carboxylic acid groups (broad SMARTS) is 2. The van der Waals surface area contributed by atoms with Crippen LogP contribution in [0.2, 0.25) is 0 Å². The van der Waals surface area contributed by atoms with Crippen molar-refractivity contribution in [1.82, 2.24) is 15.6 Å². The molecule has 10 heteroatoms.